The highest BCUT2D eigenvalue weighted by molar-refractivity contribution is 9.10. The quantitative estimate of drug-likeness (QED) is 0.804. The Kier molecular flexibility index (Phi) is 2.92. The first-order valence-electron chi connectivity index (χ1n) is 4.90. The second-order valence-corrected chi connectivity index (χ2v) is 4.34. The molecule has 1 aromatic carbocycles. The molecule has 0 radical (unpaired) electrons. The average Bonchev–Trinajstić information content (AvgIpc) is 2.32. The summed E-state index contributed by atoms with van der Waals surface area (Å²) in [7, 11) is 1.71. The van der Waals surface area contributed by atoms with Gasteiger partial charge < -0.3 is 0 Å². The summed E-state index contributed by atoms with van der Waals surface area (Å²) in [4.78, 5) is 16.3. The van der Waals surface area contributed by atoms with Crippen LogP contribution in [0.5, 0.6) is 0 Å². The molecule has 0 saturated carbocycles. The van der Waals surface area contributed by atoms with Crippen molar-refractivity contribution in [3.05, 3.63) is 51.0 Å². The minimum absolute atomic E-state index is 0.0636. The van der Waals surface area contributed by atoms with Crippen LogP contribution in [0.15, 0.2) is 39.6 Å². The van der Waals surface area contributed by atoms with Gasteiger partial charge in [-0.2, -0.15) is 0 Å². The van der Waals surface area contributed by atoms with Crippen molar-refractivity contribution in [3.8, 4) is 11.3 Å². The van der Waals surface area contributed by atoms with E-state index in [9.17, 15) is 4.79 Å². The summed E-state index contributed by atoms with van der Waals surface area (Å²) in [5, 5.41) is 0. The number of benzene rings is 1. The molecular weight excluding hydrogens is 268 g/mol. The maximum atomic E-state index is 11.9. The smallest absolute Gasteiger partial charge is 0.268 e. The van der Waals surface area contributed by atoms with E-state index in [2.05, 4.69) is 20.9 Å². The molecule has 0 saturated heterocycles. The van der Waals surface area contributed by atoms with E-state index >= 15 is 0 Å². The number of aryl methyl sites for hydroxylation is 1. The van der Waals surface area contributed by atoms with Crippen LogP contribution in [0.25, 0.3) is 11.3 Å². The zero-order valence-electron chi connectivity index (χ0n) is 9.07. The first-order chi connectivity index (χ1) is 7.61. The van der Waals surface area contributed by atoms with Gasteiger partial charge in [0.05, 0.1) is 5.69 Å². The highest BCUT2D eigenvalue weighted by Crippen LogP contribution is 2.22. The first-order valence-corrected chi connectivity index (χ1v) is 5.69. The van der Waals surface area contributed by atoms with Crippen molar-refractivity contribution in [2.45, 2.75) is 6.92 Å². The molecular formula is C12H11BrN2O. The van der Waals surface area contributed by atoms with Gasteiger partial charge in [-0.25, -0.2) is 4.98 Å². The molecule has 2 aromatic rings. The van der Waals surface area contributed by atoms with Gasteiger partial charge in [0.25, 0.3) is 5.56 Å². The SMILES string of the molecule is Cc1nc(-c2ccccc2)c(Br)c(=O)n1C. The number of nitrogens with zero attached hydrogens (tertiary/aromatic N) is 2. The lowest BCUT2D eigenvalue weighted by Crippen LogP contribution is -2.22. The van der Waals surface area contributed by atoms with Gasteiger partial charge in [-0.1, -0.05) is 30.3 Å². The molecule has 0 spiro atoms. The van der Waals surface area contributed by atoms with Crippen LogP contribution in [0.4, 0.5) is 0 Å². The zero-order chi connectivity index (χ0) is 11.7. The molecule has 0 aliphatic rings. The third-order valence-corrected chi connectivity index (χ3v) is 3.22. The molecule has 82 valence electrons. The van der Waals surface area contributed by atoms with Crippen molar-refractivity contribution in [1.82, 2.24) is 9.55 Å². The molecule has 0 atom stereocenters. The van der Waals surface area contributed by atoms with Crippen LogP contribution in [0.3, 0.4) is 0 Å². The normalized spacial score (nSPS) is 10.4. The topological polar surface area (TPSA) is 34.9 Å². The van der Waals surface area contributed by atoms with Crippen molar-refractivity contribution >= 4 is 15.9 Å². The van der Waals surface area contributed by atoms with Crippen molar-refractivity contribution in [3.63, 3.8) is 0 Å². The van der Waals surface area contributed by atoms with Gasteiger partial charge in [-0.3, -0.25) is 9.36 Å². The van der Waals surface area contributed by atoms with Gasteiger partial charge in [0.15, 0.2) is 0 Å². The molecule has 0 fully saturated rings. The number of halogens is 1. The minimum atomic E-state index is -0.0636. The summed E-state index contributed by atoms with van der Waals surface area (Å²) in [6.07, 6.45) is 0. The van der Waals surface area contributed by atoms with E-state index in [0.717, 1.165) is 5.56 Å². The third-order valence-electron chi connectivity index (χ3n) is 2.51. The van der Waals surface area contributed by atoms with Gasteiger partial charge in [0, 0.05) is 12.6 Å². The summed E-state index contributed by atoms with van der Waals surface area (Å²) in [5.41, 5.74) is 1.57. The Morgan fingerprint density at radius 1 is 1.25 bits per heavy atom. The predicted octanol–water partition coefficient (Wildman–Crippen LogP) is 2.52. The summed E-state index contributed by atoms with van der Waals surface area (Å²) in [6.45, 7) is 1.82. The highest BCUT2D eigenvalue weighted by atomic mass is 79.9. The summed E-state index contributed by atoms with van der Waals surface area (Å²) < 4.78 is 2.03. The fraction of sp³-hybridized carbons (Fsp3) is 0.167. The van der Waals surface area contributed by atoms with Gasteiger partial charge in [-0.15, -0.1) is 0 Å². The van der Waals surface area contributed by atoms with Crippen LogP contribution >= 0.6 is 15.9 Å². The van der Waals surface area contributed by atoms with E-state index in [1.165, 1.54) is 4.57 Å². The zero-order valence-corrected chi connectivity index (χ0v) is 10.7. The maximum Gasteiger partial charge on any atom is 0.268 e. The first kappa shape index (κ1) is 11.1. The fourth-order valence-corrected chi connectivity index (χ4v) is 2.05. The van der Waals surface area contributed by atoms with E-state index in [0.29, 0.717) is 16.0 Å². The third kappa shape index (κ3) is 1.80. The molecule has 2 rings (SSSR count). The van der Waals surface area contributed by atoms with Crippen molar-refractivity contribution in [2.24, 2.45) is 7.05 Å². The van der Waals surface area contributed by atoms with Gasteiger partial charge in [-0.05, 0) is 22.9 Å². The number of hydrogen-bond acceptors (Lipinski definition) is 2. The molecule has 4 heteroatoms. The molecule has 0 bridgehead atoms. The maximum absolute atomic E-state index is 11.9. The number of rotatable bonds is 1. The molecule has 3 nitrogen and oxygen atoms in total. The van der Waals surface area contributed by atoms with Crippen molar-refractivity contribution < 1.29 is 0 Å². The molecule has 0 aliphatic carbocycles. The highest BCUT2D eigenvalue weighted by Gasteiger charge is 2.11. The average molecular weight is 279 g/mol. The van der Waals surface area contributed by atoms with Crippen molar-refractivity contribution in [1.29, 1.82) is 0 Å². The van der Waals surface area contributed by atoms with E-state index in [1.54, 1.807) is 7.05 Å². The van der Waals surface area contributed by atoms with E-state index in [4.69, 9.17) is 0 Å². The molecule has 1 heterocycles. The second kappa shape index (κ2) is 4.22. The van der Waals surface area contributed by atoms with Crippen LogP contribution in [0.1, 0.15) is 5.82 Å². The number of aromatic nitrogens is 2. The monoisotopic (exact) mass is 278 g/mol. The lowest BCUT2D eigenvalue weighted by Gasteiger charge is -2.08. The van der Waals surface area contributed by atoms with Gasteiger partial charge in [0.1, 0.15) is 10.3 Å². The van der Waals surface area contributed by atoms with E-state index in [1.807, 2.05) is 37.3 Å². The van der Waals surface area contributed by atoms with Gasteiger partial charge in [0.2, 0.25) is 0 Å². The summed E-state index contributed by atoms with van der Waals surface area (Å²) in [6, 6.07) is 9.66. The van der Waals surface area contributed by atoms with E-state index in [-0.39, 0.29) is 5.56 Å². The Bertz CT molecular complexity index is 576. The molecule has 1 aromatic heterocycles. The van der Waals surface area contributed by atoms with Gasteiger partial charge >= 0.3 is 0 Å². The van der Waals surface area contributed by atoms with Crippen LogP contribution in [-0.4, -0.2) is 9.55 Å². The lowest BCUT2D eigenvalue weighted by atomic mass is 10.1. The molecule has 0 amide bonds. The van der Waals surface area contributed by atoms with Crippen molar-refractivity contribution in [2.75, 3.05) is 0 Å². The van der Waals surface area contributed by atoms with E-state index < -0.39 is 0 Å². The molecule has 0 N–H and O–H groups in total. The van der Waals surface area contributed by atoms with Crippen LogP contribution in [-0.2, 0) is 7.05 Å². The number of hydrogen-bond donors (Lipinski definition) is 0. The Labute approximate surface area is 102 Å². The molecule has 16 heavy (non-hydrogen) atoms. The Morgan fingerprint density at radius 2 is 1.88 bits per heavy atom. The predicted molar refractivity (Wildman–Crippen MR) is 67.4 cm³/mol. The van der Waals surface area contributed by atoms with Crippen LogP contribution in [0.2, 0.25) is 0 Å². The van der Waals surface area contributed by atoms with Crippen LogP contribution < -0.4 is 5.56 Å². The Morgan fingerprint density at radius 3 is 2.50 bits per heavy atom. The summed E-state index contributed by atoms with van der Waals surface area (Å²) >= 11 is 3.31. The summed E-state index contributed by atoms with van der Waals surface area (Å²) in [5.74, 6) is 0.701. The van der Waals surface area contributed by atoms with Crippen LogP contribution in [0, 0.1) is 6.92 Å². The minimum Gasteiger partial charge on any atom is -0.299 e. The standard InChI is InChI=1S/C12H11BrN2O/c1-8-14-11(9-6-4-3-5-7-9)10(13)12(16)15(8)2/h3-7H,1-2H3. The molecule has 0 aliphatic heterocycles. The fourth-order valence-electron chi connectivity index (χ4n) is 1.47. The second-order valence-electron chi connectivity index (χ2n) is 3.55. The molecule has 0 unspecified atom stereocenters. The Hall–Kier alpha value is -1.42. The Balaban J connectivity index is 2.73. The lowest BCUT2D eigenvalue weighted by molar-refractivity contribution is 0.771. The largest absolute Gasteiger partial charge is 0.299 e.